The molecule has 5 aliphatic carbocycles. The second kappa shape index (κ2) is 17.4. The molecule has 0 saturated heterocycles. The molecule has 282 valence electrons. The van der Waals surface area contributed by atoms with Crippen molar-refractivity contribution < 1.29 is 0 Å². The Morgan fingerprint density at radius 2 is 1.57 bits per heavy atom. The zero-order chi connectivity index (χ0) is 35.3. The first-order valence-electron chi connectivity index (χ1n) is 22.5. The van der Waals surface area contributed by atoms with Gasteiger partial charge in [0.25, 0.3) is 0 Å². The molecule has 0 spiro atoms. The molecule has 5 rings (SSSR count). The lowest BCUT2D eigenvalue weighted by Gasteiger charge is -2.58. The fourth-order valence-electron chi connectivity index (χ4n) is 13.8. The number of hydrogen-bond acceptors (Lipinski definition) is 1. The van der Waals surface area contributed by atoms with Crippen molar-refractivity contribution in [3.8, 4) is 0 Å². The maximum atomic E-state index is 4.53. The van der Waals surface area contributed by atoms with Gasteiger partial charge in [-0.05, 0) is 152 Å². The third-order valence-corrected chi connectivity index (χ3v) is 17.3. The van der Waals surface area contributed by atoms with Crippen molar-refractivity contribution in [3.05, 3.63) is 23.9 Å². The molecule has 5 aliphatic rings. The van der Waals surface area contributed by atoms with E-state index in [4.69, 9.17) is 0 Å². The van der Waals surface area contributed by atoms with Crippen molar-refractivity contribution >= 4 is 0 Å². The quantitative estimate of drug-likeness (QED) is 0.119. The maximum Gasteiger partial charge on any atom is 0.0143 e. The molecule has 4 saturated carbocycles. The molecule has 13 unspecified atom stereocenters. The van der Waals surface area contributed by atoms with Crippen molar-refractivity contribution in [2.75, 3.05) is 6.54 Å². The lowest BCUT2D eigenvalue weighted by molar-refractivity contribution is -0.0527. The van der Waals surface area contributed by atoms with Crippen LogP contribution in [0.15, 0.2) is 23.9 Å². The molecule has 0 heterocycles. The summed E-state index contributed by atoms with van der Waals surface area (Å²) in [5.41, 5.74) is 4.25. The summed E-state index contributed by atoms with van der Waals surface area (Å²) in [4.78, 5) is 0. The van der Waals surface area contributed by atoms with Gasteiger partial charge >= 0.3 is 0 Å². The molecule has 0 amide bonds. The van der Waals surface area contributed by atoms with E-state index in [2.05, 4.69) is 80.3 Å². The van der Waals surface area contributed by atoms with Gasteiger partial charge in [-0.3, -0.25) is 0 Å². The van der Waals surface area contributed by atoms with Crippen LogP contribution in [0.25, 0.3) is 0 Å². The number of allylic oxidation sites excluding steroid dienone is 3. The first kappa shape index (κ1) is 39.5. The number of unbranched alkanes of at least 4 members (excludes halogenated alkanes) is 4. The molecule has 1 heteroatoms. The Labute approximate surface area is 307 Å². The second-order valence-corrected chi connectivity index (χ2v) is 20.4. The molecule has 0 radical (unpaired) electrons. The molecule has 0 bridgehead atoms. The van der Waals surface area contributed by atoms with Crippen LogP contribution in [0.2, 0.25) is 0 Å². The summed E-state index contributed by atoms with van der Waals surface area (Å²) in [5, 5.41) is 3.77. The normalized spacial score (nSPS) is 41.1. The number of nitrogens with one attached hydrogen (secondary N) is 1. The van der Waals surface area contributed by atoms with E-state index >= 15 is 0 Å². The zero-order valence-corrected chi connectivity index (χ0v) is 34.6. The van der Waals surface area contributed by atoms with Gasteiger partial charge in [0.05, 0.1) is 0 Å². The summed E-state index contributed by atoms with van der Waals surface area (Å²) >= 11 is 0. The highest BCUT2D eigenvalue weighted by molar-refractivity contribution is 5.25. The third kappa shape index (κ3) is 8.91. The Balaban J connectivity index is 0.996. The van der Waals surface area contributed by atoms with Crippen molar-refractivity contribution in [2.24, 2.45) is 81.8 Å². The number of fused-ring (bicyclic) bond motifs is 5. The predicted molar refractivity (Wildman–Crippen MR) is 215 cm³/mol. The summed E-state index contributed by atoms with van der Waals surface area (Å²) in [6.45, 7) is 28.6. The average Bonchev–Trinajstić information content (AvgIpc) is 3.43. The van der Waals surface area contributed by atoms with Crippen molar-refractivity contribution in [1.82, 2.24) is 5.32 Å². The van der Waals surface area contributed by atoms with Gasteiger partial charge in [0.2, 0.25) is 0 Å². The van der Waals surface area contributed by atoms with E-state index in [0.29, 0.717) is 10.8 Å². The van der Waals surface area contributed by atoms with Gasteiger partial charge in [-0.1, -0.05) is 138 Å². The minimum Gasteiger partial charge on any atom is -0.389 e. The fraction of sp³-hybridized carbons (Fsp3) is 0.917. The smallest absolute Gasteiger partial charge is 0.0143 e. The van der Waals surface area contributed by atoms with Crippen molar-refractivity contribution in [1.29, 1.82) is 0 Å². The van der Waals surface area contributed by atoms with Gasteiger partial charge in [0, 0.05) is 12.2 Å². The maximum absolute atomic E-state index is 4.53. The van der Waals surface area contributed by atoms with E-state index in [1.165, 1.54) is 134 Å². The first-order chi connectivity index (χ1) is 23.4. The molecule has 0 aliphatic heterocycles. The SMILES string of the molecule is C=C(CC1CCC2(C)C(=CCC3C2CCC2(C)C(C(C)CCCC(C)C)CCC32)C1)NCCCCCCCC1CC(CC)C(C)C(C)C1C. The minimum absolute atomic E-state index is 0.472. The summed E-state index contributed by atoms with van der Waals surface area (Å²) < 4.78 is 0. The van der Waals surface area contributed by atoms with Crippen molar-refractivity contribution in [2.45, 2.75) is 191 Å². The molecular formula is C48H85N. The lowest BCUT2D eigenvalue weighted by Crippen LogP contribution is -2.50. The molecule has 0 aromatic heterocycles. The number of hydrogen-bond donors (Lipinski definition) is 1. The highest BCUT2D eigenvalue weighted by atomic mass is 14.9. The largest absolute Gasteiger partial charge is 0.389 e. The van der Waals surface area contributed by atoms with Crippen LogP contribution in [0, 0.1) is 81.8 Å². The fourth-order valence-corrected chi connectivity index (χ4v) is 13.8. The standard InChI is InChI=1S/C48H85N/c1-11-40-32-41(38(8)36(6)37(40)7)20-15-13-12-14-16-29-49-35(5)30-39-25-27-47(9)42(31-39)21-22-43-45-24-23-44(34(4)19-17-18-33(2)3)48(45,10)28-26-46(43)47/h21,33-34,36-41,43-46,49H,5,11-20,22-32H2,1-4,6-10H3. The van der Waals surface area contributed by atoms with Crippen LogP contribution in [0.3, 0.4) is 0 Å². The minimum atomic E-state index is 0.472. The van der Waals surface area contributed by atoms with Crippen LogP contribution < -0.4 is 5.32 Å². The van der Waals surface area contributed by atoms with Crippen LogP contribution in [0.1, 0.15) is 191 Å². The highest BCUT2D eigenvalue weighted by Gasteiger charge is 2.59. The van der Waals surface area contributed by atoms with Crippen LogP contribution in [0.5, 0.6) is 0 Å². The molecule has 4 fully saturated rings. The molecular weight excluding hydrogens is 591 g/mol. The van der Waals surface area contributed by atoms with Crippen LogP contribution in [-0.2, 0) is 0 Å². The van der Waals surface area contributed by atoms with E-state index < -0.39 is 0 Å². The summed E-state index contributed by atoms with van der Waals surface area (Å²) in [5.74, 6) is 11.1. The van der Waals surface area contributed by atoms with E-state index in [1.807, 2.05) is 5.57 Å². The summed E-state index contributed by atoms with van der Waals surface area (Å²) in [6.07, 6.45) is 31.2. The van der Waals surface area contributed by atoms with Gasteiger partial charge in [-0.15, -0.1) is 0 Å². The van der Waals surface area contributed by atoms with Crippen LogP contribution in [0.4, 0.5) is 0 Å². The zero-order valence-electron chi connectivity index (χ0n) is 34.6. The number of rotatable bonds is 17. The van der Waals surface area contributed by atoms with E-state index in [-0.39, 0.29) is 0 Å². The lowest BCUT2D eigenvalue weighted by atomic mass is 9.46. The molecule has 0 aromatic rings. The van der Waals surface area contributed by atoms with Gasteiger partial charge in [-0.25, -0.2) is 0 Å². The Bertz CT molecular complexity index is 1070. The van der Waals surface area contributed by atoms with Gasteiger partial charge < -0.3 is 5.32 Å². The third-order valence-electron chi connectivity index (χ3n) is 17.3. The van der Waals surface area contributed by atoms with E-state index in [9.17, 15) is 0 Å². The molecule has 1 N–H and O–H groups in total. The second-order valence-electron chi connectivity index (χ2n) is 20.4. The highest BCUT2D eigenvalue weighted by Crippen LogP contribution is 2.67. The predicted octanol–water partition coefficient (Wildman–Crippen LogP) is 14.4. The van der Waals surface area contributed by atoms with Crippen LogP contribution in [-0.4, -0.2) is 6.54 Å². The Hall–Kier alpha value is -0.720. The van der Waals surface area contributed by atoms with E-state index in [1.54, 1.807) is 0 Å². The summed E-state index contributed by atoms with van der Waals surface area (Å²) in [7, 11) is 0. The Kier molecular flexibility index (Phi) is 14.0. The molecule has 0 aromatic carbocycles. The van der Waals surface area contributed by atoms with Crippen LogP contribution >= 0.6 is 0 Å². The Morgan fingerprint density at radius 1 is 0.837 bits per heavy atom. The summed E-state index contributed by atoms with van der Waals surface area (Å²) in [6, 6.07) is 0. The molecule has 1 nitrogen and oxygen atoms in total. The molecule has 49 heavy (non-hydrogen) atoms. The Morgan fingerprint density at radius 3 is 2.33 bits per heavy atom. The monoisotopic (exact) mass is 676 g/mol. The van der Waals surface area contributed by atoms with Gasteiger partial charge in [0.1, 0.15) is 0 Å². The average molecular weight is 676 g/mol. The first-order valence-corrected chi connectivity index (χ1v) is 22.5. The molecule has 13 atom stereocenters. The topological polar surface area (TPSA) is 12.0 Å². The van der Waals surface area contributed by atoms with Gasteiger partial charge in [-0.2, -0.15) is 0 Å². The van der Waals surface area contributed by atoms with Gasteiger partial charge in [0.15, 0.2) is 0 Å². The van der Waals surface area contributed by atoms with E-state index in [0.717, 1.165) is 77.6 Å². The van der Waals surface area contributed by atoms with Crippen molar-refractivity contribution in [3.63, 3.8) is 0 Å².